The fourth-order valence-electron chi connectivity index (χ4n) is 2.86. The number of carboxylic acid groups (broad SMARTS) is 1. The maximum atomic E-state index is 12.6. The molecule has 2 aromatic rings. The van der Waals surface area contributed by atoms with Crippen LogP contribution in [0.25, 0.3) is 11.1 Å². The molecule has 0 saturated heterocycles. The monoisotopic (exact) mass is 498 g/mol. The molecule has 0 aliphatic carbocycles. The quantitative estimate of drug-likeness (QED) is 0.392. The lowest BCUT2D eigenvalue weighted by Gasteiger charge is -2.23. The molecule has 0 heterocycles. The minimum absolute atomic E-state index is 0. The van der Waals surface area contributed by atoms with Crippen molar-refractivity contribution in [3.63, 3.8) is 0 Å². The van der Waals surface area contributed by atoms with Crippen molar-refractivity contribution in [1.29, 1.82) is 0 Å². The van der Waals surface area contributed by atoms with Gasteiger partial charge in [-0.15, -0.1) is 17.0 Å². The van der Waals surface area contributed by atoms with Crippen LogP contribution in [0.3, 0.4) is 0 Å². The molecular formula is C21H28BrN2O5P. The Morgan fingerprint density at radius 3 is 2.07 bits per heavy atom. The number of nitrogens with one attached hydrogen (secondary N) is 1. The van der Waals surface area contributed by atoms with Crippen LogP contribution in [-0.4, -0.2) is 39.9 Å². The maximum absolute atomic E-state index is 12.6. The summed E-state index contributed by atoms with van der Waals surface area (Å²) in [7, 11) is -3.77. The van der Waals surface area contributed by atoms with Crippen LogP contribution in [0.5, 0.6) is 0 Å². The summed E-state index contributed by atoms with van der Waals surface area (Å²) in [6.45, 7) is 2.76. The van der Waals surface area contributed by atoms with E-state index in [2.05, 4.69) is 5.32 Å². The fourth-order valence-corrected chi connectivity index (χ4v) is 4.12. The topological polar surface area (TPSA) is 130 Å². The Bertz CT molecular complexity index is 890. The number of halogens is 1. The van der Waals surface area contributed by atoms with Gasteiger partial charge in [0.15, 0.2) is 0 Å². The van der Waals surface area contributed by atoms with Crippen LogP contribution in [-0.2, 0) is 20.6 Å². The summed E-state index contributed by atoms with van der Waals surface area (Å²) in [5, 5.41) is 11.4. The van der Waals surface area contributed by atoms with E-state index in [0.717, 1.165) is 16.7 Å². The molecular weight excluding hydrogens is 471 g/mol. The highest BCUT2D eigenvalue weighted by Crippen LogP contribution is 2.46. The summed E-state index contributed by atoms with van der Waals surface area (Å²) in [6.07, 6.45) is -0.117. The van der Waals surface area contributed by atoms with Crippen LogP contribution in [0, 0.1) is 5.92 Å². The highest BCUT2D eigenvalue weighted by Gasteiger charge is 2.33. The van der Waals surface area contributed by atoms with E-state index in [4.69, 9.17) is 10.8 Å². The van der Waals surface area contributed by atoms with Crippen LogP contribution < -0.4 is 11.1 Å². The molecule has 0 spiro atoms. The van der Waals surface area contributed by atoms with Crippen molar-refractivity contribution in [2.24, 2.45) is 11.7 Å². The van der Waals surface area contributed by atoms with Crippen LogP contribution in [0.15, 0.2) is 54.6 Å². The number of hydrogen-bond acceptors (Lipinski definition) is 4. The van der Waals surface area contributed by atoms with E-state index < -0.39 is 37.0 Å². The smallest absolute Gasteiger partial charge is 0.325 e. The summed E-state index contributed by atoms with van der Waals surface area (Å²) < 4.78 is 12.4. The van der Waals surface area contributed by atoms with Crippen LogP contribution >= 0.6 is 24.4 Å². The van der Waals surface area contributed by atoms with Crippen molar-refractivity contribution in [1.82, 2.24) is 5.32 Å². The van der Waals surface area contributed by atoms with E-state index in [-0.39, 0.29) is 29.6 Å². The first-order valence-electron chi connectivity index (χ1n) is 9.35. The largest absolute Gasteiger partial charge is 0.480 e. The highest BCUT2D eigenvalue weighted by molar-refractivity contribution is 8.93. The van der Waals surface area contributed by atoms with Crippen LogP contribution in [0.1, 0.15) is 19.4 Å². The molecule has 3 unspecified atom stereocenters. The average molecular weight is 499 g/mol. The zero-order chi connectivity index (χ0) is 21.6. The van der Waals surface area contributed by atoms with Crippen LogP contribution in [0.4, 0.5) is 0 Å². The second-order valence-corrected chi connectivity index (χ2v) is 9.90. The van der Waals surface area contributed by atoms with E-state index in [1.807, 2.05) is 54.6 Å². The molecule has 0 bridgehead atoms. The lowest BCUT2D eigenvalue weighted by Crippen LogP contribution is -2.43. The molecule has 4 atom stereocenters. The van der Waals surface area contributed by atoms with Crippen molar-refractivity contribution in [3.05, 3.63) is 60.2 Å². The molecule has 0 aliphatic rings. The Kier molecular flexibility index (Phi) is 9.91. The predicted molar refractivity (Wildman–Crippen MR) is 123 cm³/mol. The number of hydrogen-bond donors (Lipinski definition) is 4. The minimum atomic E-state index is -3.77. The van der Waals surface area contributed by atoms with Crippen molar-refractivity contribution in [2.75, 3.05) is 6.16 Å². The van der Waals surface area contributed by atoms with Gasteiger partial charge in [0.1, 0.15) is 6.04 Å². The summed E-state index contributed by atoms with van der Waals surface area (Å²) in [4.78, 5) is 33.8. The van der Waals surface area contributed by atoms with Gasteiger partial charge in [-0.05, 0) is 37.0 Å². The maximum Gasteiger partial charge on any atom is 0.325 e. The Labute approximate surface area is 186 Å². The first kappa shape index (κ1) is 26.0. The third kappa shape index (κ3) is 7.36. The van der Waals surface area contributed by atoms with Gasteiger partial charge in [0.05, 0.1) is 11.7 Å². The van der Waals surface area contributed by atoms with Gasteiger partial charge < -0.3 is 21.1 Å². The van der Waals surface area contributed by atoms with Gasteiger partial charge in [-0.1, -0.05) is 54.6 Å². The molecule has 0 radical (unpaired) electrons. The fraction of sp³-hybridized carbons (Fsp3) is 0.333. The van der Waals surface area contributed by atoms with E-state index >= 15 is 0 Å². The van der Waals surface area contributed by atoms with Gasteiger partial charge in [0.25, 0.3) is 0 Å². The van der Waals surface area contributed by atoms with Gasteiger partial charge in [-0.3, -0.25) is 14.2 Å². The molecule has 0 aromatic heterocycles. The normalized spacial score (nSPS) is 15.7. The first-order chi connectivity index (χ1) is 13.6. The van der Waals surface area contributed by atoms with Crippen molar-refractivity contribution in [2.45, 2.75) is 32.1 Å². The third-order valence-corrected chi connectivity index (χ3v) is 7.00. The number of carbonyl (C=O) groups is 2. The standard InChI is InChI=1S/C21H27N2O5P.BrH/c1-14(21(25)26)23-20(24)19(13-29(27,28)15(2)22)12-16-8-10-18(11-9-16)17-6-4-3-5-7-17;/h3-11,14-15,19H,12-13,22H2,1-2H3,(H,23,24)(H,25,26)(H,27,28);1H/t14-,15?,19?;/m0./s1. The summed E-state index contributed by atoms with van der Waals surface area (Å²) in [5.74, 6) is -3.61. The predicted octanol–water partition coefficient (Wildman–Crippen LogP) is 3.25. The van der Waals surface area contributed by atoms with E-state index in [1.165, 1.54) is 13.8 Å². The summed E-state index contributed by atoms with van der Waals surface area (Å²) >= 11 is 0. The second-order valence-electron chi connectivity index (χ2n) is 7.21. The molecule has 9 heteroatoms. The Morgan fingerprint density at radius 2 is 1.57 bits per heavy atom. The highest BCUT2D eigenvalue weighted by atomic mass is 79.9. The average Bonchev–Trinajstić information content (AvgIpc) is 2.68. The SMILES string of the molecule is Br.CC(N)P(=O)(O)CC(Cc1ccc(-c2ccccc2)cc1)C(=O)N[C@@H](C)C(=O)O. The lowest BCUT2D eigenvalue weighted by atomic mass is 9.97. The zero-order valence-corrected chi connectivity index (χ0v) is 19.5. The second kappa shape index (κ2) is 11.4. The van der Waals surface area contributed by atoms with Gasteiger partial charge >= 0.3 is 5.97 Å². The lowest BCUT2D eigenvalue weighted by molar-refractivity contribution is -0.141. The van der Waals surface area contributed by atoms with Gasteiger partial charge in [0.2, 0.25) is 13.3 Å². The van der Waals surface area contributed by atoms with Crippen molar-refractivity contribution < 1.29 is 24.2 Å². The Morgan fingerprint density at radius 1 is 1.03 bits per heavy atom. The molecule has 0 aliphatic heterocycles. The summed E-state index contributed by atoms with van der Waals surface area (Å²) in [6, 6.07) is 16.3. The van der Waals surface area contributed by atoms with E-state index in [1.54, 1.807) is 0 Å². The molecule has 7 nitrogen and oxygen atoms in total. The number of carboxylic acids is 1. The number of rotatable bonds is 9. The number of benzene rings is 2. The van der Waals surface area contributed by atoms with Crippen molar-refractivity contribution in [3.8, 4) is 11.1 Å². The molecule has 0 fully saturated rings. The summed E-state index contributed by atoms with van der Waals surface area (Å²) in [5.41, 5.74) is 8.48. The van der Waals surface area contributed by atoms with E-state index in [9.17, 15) is 19.0 Å². The number of carbonyl (C=O) groups excluding carboxylic acids is 1. The van der Waals surface area contributed by atoms with Gasteiger partial charge in [-0.25, -0.2) is 0 Å². The molecule has 164 valence electrons. The molecule has 30 heavy (non-hydrogen) atoms. The Hall–Kier alpha value is -1.99. The first-order valence-corrected chi connectivity index (χ1v) is 11.3. The number of aliphatic carboxylic acids is 1. The Balaban J connectivity index is 0.00000450. The van der Waals surface area contributed by atoms with Crippen LogP contribution in [0.2, 0.25) is 0 Å². The van der Waals surface area contributed by atoms with Crippen molar-refractivity contribution >= 4 is 36.2 Å². The third-order valence-electron chi connectivity index (χ3n) is 4.76. The molecule has 2 rings (SSSR count). The van der Waals surface area contributed by atoms with E-state index in [0.29, 0.717) is 0 Å². The molecule has 2 aromatic carbocycles. The van der Waals surface area contributed by atoms with Gasteiger partial charge in [0, 0.05) is 6.16 Å². The zero-order valence-electron chi connectivity index (χ0n) is 16.9. The minimum Gasteiger partial charge on any atom is -0.480 e. The number of nitrogens with two attached hydrogens (primary N) is 1. The molecule has 1 amide bonds. The molecule has 0 saturated carbocycles. The number of amides is 1. The molecule has 5 N–H and O–H groups in total. The van der Waals surface area contributed by atoms with Gasteiger partial charge in [-0.2, -0.15) is 0 Å².